The van der Waals surface area contributed by atoms with E-state index in [1.54, 1.807) is 0 Å². The average Bonchev–Trinajstić information content (AvgIpc) is 2.39. The maximum absolute atomic E-state index is 11.2. The Morgan fingerprint density at radius 2 is 2.20 bits per heavy atom. The lowest BCUT2D eigenvalue weighted by molar-refractivity contribution is -0.385. The van der Waals surface area contributed by atoms with Crippen molar-refractivity contribution in [3.63, 3.8) is 0 Å². The molecule has 8 nitrogen and oxygen atoms in total. The molecule has 20 heavy (non-hydrogen) atoms. The molecule has 2 N–H and O–H groups in total. The number of rotatable bonds is 4. The van der Waals surface area contributed by atoms with Crippen molar-refractivity contribution in [2.45, 2.75) is 25.3 Å². The highest BCUT2D eigenvalue weighted by atomic mass is 16.6. The quantitative estimate of drug-likeness (QED) is 0.637. The van der Waals surface area contributed by atoms with E-state index in [-0.39, 0.29) is 22.6 Å². The number of nitrogens with zero attached hydrogens (tertiary/aromatic N) is 2. The summed E-state index contributed by atoms with van der Waals surface area (Å²) in [4.78, 5) is 25.1. The number of carboxylic acid groups (broad SMARTS) is 1. The Kier molecular flexibility index (Phi) is 3.84. The first-order chi connectivity index (χ1) is 9.41. The average molecular weight is 281 g/mol. The highest BCUT2D eigenvalue weighted by molar-refractivity contribution is 5.93. The van der Waals surface area contributed by atoms with Crippen LogP contribution >= 0.6 is 0 Å². The Bertz CT molecular complexity index is 540. The van der Waals surface area contributed by atoms with E-state index in [4.69, 9.17) is 9.84 Å². The van der Waals surface area contributed by atoms with Crippen LogP contribution in [0.3, 0.4) is 0 Å². The van der Waals surface area contributed by atoms with Crippen LogP contribution in [0.1, 0.15) is 30.1 Å². The van der Waals surface area contributed by atoms with Gasteiger partial charge in [-0.05, 0) is 19.8 Å². The van der Waals surface area contributed by atoms with Crippen LogP contribution in [0.2, 0.25) is 0 Å². The van der Waals surface area contributed by atoms with Crippen LogP contribution in [0.25, 0.3) is 0 Å². The molecule has 1 aromatic heterocycles. The molecule has 0 amide bonds. The molecular weight excluding hydrogens is 266 g/mol. The van der Waals surface area contributed by atoms with Gasteiger partial charge in [0.05, 0.1) is 4.92 Å². The smallest absolute Gasteiger partial charge is 0.339 e. The molecule has 2 heterocycles. The number of carboxylic acids is 1. The summed E-state index contributed by atoms with van der Waals surface area (Å²) in [6.45, 7) is 3.11. The summed E-state index contributed by atoms with van der Waals surface area (Å²) in [6, 6.07) is 1.01. The number of nitrogens with one attached hydrogen (secondary N) is 1. The highest BCUT2D eigenvalue weighted by Gasteiger charge is 2.29. The van der Waals surface area contributed by atoms with Gasteiger partial charge in [-0.1, -0.05) is 0 Å². The lowest BCUT2D eigenvalue weighted by Gasteiger charge is -2.35. The maximum atomic E-state index is 11.2. The van der Waals surface area contributed by atoms with Gasteiger partial charge in [-0.3, -0.25) is 10.1 Å². The number of ether oxygens (including phenoxy) is 1. The largest absolute Gasteiger partial charge is 0.478 e. The maximum Gasteiger partial charge on any atom is 0.339 e. The number of hydrogen-bond donors (Lipinski definition) is 2. The van der Waals surface area contributed by atoms with E-state index < -0.39 is 10.9 Å². The second kappa shape index (κ2) is 5.41. The van der Waals surface area contributed by atoms with E-state index in [2.05, 4.69) is 10.3 Å². The summed E-state index contributed by atoms with van der Waals surface area (Å²) in [5, 5.41) is 22.9. The van der Waals surface area contributed by atoms with Gasteiger partial charge in [0.15, 0.2) is 0 Å². The van der Waals surface area contributed by atoms with Crippen LogP contribution < -0.4 is 5.32 Å². The molecule has 8 heteroatoms. The van der Waals surface area contributed by atoms with E-state index in [9.17, 15) is 14.9 Å². The fourth-order valence-electron chi connectivity index (χ4n) is 2.05. The Morgan fingerprint density at radius 3 is 2.75 bits per heavy atom. The molecule has 1 saturated heterocycles. The molecule has 0 unspecified atom stereocenters. The molecule has 0 bridgehead atoms. The predicted molar refractivity (Wildman–Crippen MR) is 69.9 cm³/mol. The summed E-state index contributed by atoms with van der Waals surface area (Å²) < 4.78 is 5.26. The topological polar surface area (TPSA) is 115 Å². The van der Waals surface area contributed by atoms with E-state index in [0.717, 1.165) is 12.3 Å². The SMILES string of the molecule is CC1(Nc2ncc([N+](=O)[O-])cc2C(=O)O)CCOCC1. The molecule has 0 aliphatic carbocycles. The van der Waals surface area contributed by atoms with Crippen molar-refractivity contribution in [1.29, 1.82) is 0 Å². The van der Waals surface area contributed by atoms with E-state index in [1.165, 1.54) is 0 Å². The van der Waals surface area contributed by atoms with Crippen LogP contribution in [-0.2, 0) is 4.74 Å². The van der Waals surface area contributed by atoms with Gasteiger partial charge in [-0.25, -0.2) is 9.78 Å². The molecule has 1 aliphatic heterocycles. The molecule has 108 valence electrons. The van der Waals surface area contributed by atoms with E-state index >= 15 is 0 Å². The van der Waals surface area contributed by atoms with Crippen LogP contribution in [-0.4, -0.2) is 39.7 Å². The Hall–Kier alpha value is -2.22. The van der Waals surface area contributed by atoms with Gasteiger partial charge in [0.25, 0.3) is 5.69 Å². The van der Waals surface area contributed by atoms with Gasteiger partial charge >= 0.3 is 5.97 Å². The van der Waals surface area contributed by atoms with Gasteiger partial charge < -0.3 is 15.2 Å². The van der Waals surface area contributed by atoms with Gasteiger partial charge in [-0.2, -0.15) is 0 Å². The van der Waals surface area contributed by atoms with Crippen LogP contribution in [0, 0.1) is 10.1 Å². The third kappa shape index (κ3) is 3.02. The molecule has 1 aromatic rings. The molecule has 0 spiro atoms. The molecule has 0 radical (unpaired) electrons. The van der Waals surface area contributed by atoms with Gasteiger partial charge in [0.2, 0.25) is 0 Å². The first-order valence-corrected chi connectivity index (χ1v) is 6.15. The summed E-state index contributed by atoms with van der Waals surface area (Å²) in [5.41, 5.74) is -0.872. The number of anilines is 1. The normalized spacial score (nSPS) is 17.4. The Morgan fingerprint density at radius 1 is 1.55 bits per heavy atom. The number of nitro groups is 1. The summed E-state index contributed by atoms with van der Waals surface area (Å²) in [6.07, 6.45) is 2.48. The fraction of sp³-hybridized carbons (Fsp3) is 0.500. The van der Waals surface area contributed by atoms with E-state index in [0.29, 0.717) is 26.1 Å². The van der Waals surface area contributed by atoms with Gasteiger partial charge in [0.1, 0.15) is 17.6 Å². The minimum Gasteiger partial charge on any atom is -0.478 e. The standard InChI is InChI=1S/C12H15N3O5/c1-12(2-4-20-5-3-12)14-10-9(11(16)17)6-8(7-13-10)15(18)19/h6-7H,2-5H2,1H3,(H,13,14)(H,16,17). The third-order valence-electron chi connectivity index (χ3n) is 3.33. The van der Waals surface area contributed by atoms with Crippen LogP contribution in [0.4, 0.5) is 11.5 Å². The number of carbonyl (C=O) groups is 1. The predicted octanol–water partition coefficient (Wildman–Crippen LogP) is 1.67. The number of hydrogen-bond acceptors (Lipinski definition) is 6. The molecule has 0 aromatic carbocycles. The number of aromatic carboxylic acids is 1. The number of aromatic nitrogens is 1. The third-order valence-corrected chi connectivity index (χ3v) is 3.33. The Labute approximate surface area is 114 Å². The molecule has 1 aliphatic rings. The van der Waals surface area contributed by atoms with Gasteiger partial charge in [-0.15, -0.1) is 0 Å². The van der Waals surface area contributed by atoms with Crippen molar-refractivity contribution in [2.75, 3.05) is 18.5 Å². The first kappa shape index (κ1) is 14.2. The zero-order valence-electron chi connectivity index (χ0n) is 11.0. The first-order valence-electron chi connectivity index (χ1n) is 6.15. The van der Waals surface area contributed by atoms with Crippen molar-refractivity contribution < 1.29 is 19.6 Å². The minimum absolute atomic E-state index is 0.146. The van der Waals surface area contributed by atoms with Crippen molar-refractivity contribution in [1.82, 2.24) is 4.98 Å². The lowest BCUT2D eigenvalue weighted by atomic mass is 9.92. The molecular formula is C12H15N3O5. The summed E-state index contributed by atoms with van der Waals surface area (Å²) in [7, 11) is 0. The summed E-state index contributed by atoms with van der Waals surface area (Å²) in [5.74, 6) is -1.10. The molecule has 2 rings (SSSR count). The summed E-state index contributed by atoms with van der Waals surface area (Å²) >= 11 is 0. The fourth-order valence-corrected chi connectivity index (χ4v) is 2.05. The van der Waals surface area contributed by atoms with Gasteiger partial charge in [0, 0.05) is 24.8 Å². The monoisotopic (exact) mass is 281 g/mol. The lowest BCUT2D eigenvalue weighted by Crippen LogP contribution is -2.41. The Balaban J connectivity index is 2.31. The molecule has 0 atom stereocenters. The van der Waals surface area contributed by atoms with Crippen LogP contribution in [0.15, 0.2) is 12.3 Å². The zero-order valence-corrected chi connectivity index (χ0v) is 11.0. The number of pyridine rings is 1. The van der Waals surface area contributed by atoms with Crippen molar-refractivity contribution in [2.24, 2.45) is 0 Å². The highest BCUT2D eigenvalue weighted by Crippen LogP contribution is 2.27. The van der Waals surface area contributed by atoms with Crippen molar-refractivity contribution in [3.8, 4) is 0 Å². The van der Waals surface area contributed by atoms with Crippen molar-refractivity contribution in [3.05, 3.63) is 27.9 Å². The van der Waals surface area contributed by atoms with Crippen LogP contribution in [0.5, 0.6) is 0 Å². The second-order valence-electron chi connectivity index (χ2n) is 4.95. The zero-order chi connectivity index (χ0) is 14.8. The molecule has 1 fully saturated rings. The molecule has 0 saturated carbocycles. The second-order valence-corrected chi connectivity index (χ2v) is 4.95. The van der Waals surface area contributed by atoms with Crippen molar-refractivity contribution >= 4 is 17.5 Å². The minimum atomic E-state index is -1.25. The van der Waals surface area contributed by atoms with E-state index in [1.807, 2.05) is 6.92 Å².